The average Bonchev–Trinajstić information content (AvgIpc) is 2.91. The molecule has 1 aliphatic heterocycles. The van der Waals surface area contributed by atoms with Gasteiger partial charge < -0.3 is 25.0 Å². The van der Waals surface area contributed by atoms with Gasteiger partial charge in [0.25, 0.3) is 11.8 Å². The number of aliphatic hydroxyl groups is 1. The van der Waals surface area contributed by atoms with Gasteiger partial charge in [-0.1, -0.05) is 32.3 Å². The summed E-state index contributed by atoms with van der Waals surface area (Å²) >= 11 is 0. The molecule has 8 heteroatoms. The first kappa shape index (κ1) is 27.1. The Labute approximate surface area is 220 Å². The highest BCUT2D eigenvalue weighted by atomic mass is 16.5. The van der Waals surface area contributed by atoms with Gasteiger partial charge >= 0.3 is 0 Å². The van der Waals surface area contributed by atoms with Crippen LogP contribution < -0.4 is 10.1 Å². The molecule has 2 aromatic rings. The van der Waals surface area contributed by atoms with Crippen molar-refractivity contribution in [1.82, 2.24) is 14.8 Å². The van der Waals surface area contributed by atoms with Crippen LogP contribution in [0.3, 0.4) is 0 Å². The molecule has 8 nitrogen and oxygen atoms in total. The second kappa shape index (κ2) is 12.5. The SMILES string of the molecule is C[C@@H]1CN([C@@H](C)CO)C(=O)c2cccc(NC(=O)c3ccncc3)c2O[C@@H]1CN(C)CC1CCCCC1. The number of fused-ring (bicyclic) bond motifs is 1. The lowest BCUT2D eigenvalue weighted by Gasteiger charge is -2.39. The summed E-state index contributed by atoms with van der Waals surface area (Å²) < 4.78 is 6.63. The van der Waals surface area contributed by atoms with Crippen LogP contribution in [0.4, 0.5) is 5.69 Å². The van der Waals surface area contributed by atoms with Crippen molar-refractivity contribution in [3.05, 3.63) is 53.9 Å². The number of aliphatic hydroxyl groups excluding tert-OH is 1. The molecule has 1 aromatic heterocycles. The van der Waals surface area contributed by atoms with Gasteiger partial charge in [-0.15, -0.1) is 0 Å². The smallest absolute Gasteiger partial charge is 0.258 e. The Hall–Kier alpha value is -2.97. The lowest BCUT2D eigenvalue weighted by atomic mass is 9.89. The van der Waals surface area contributed by atoms with Gasteiger partial charge in [-0.3, -0.25) is 14.6 Å². The third kappa shape index (κ3) is 6.67. The number of hydrogen-bond acceptors (Lipinski definition) is 6. The fourth-order valence-corrected chi connectivity index (χ4v) is 5.45. The van der Waals surface area contributed by atoms with Crippen LogP contribution in [0.25, 0.3) is 0 Å². The zero-order chi connectivity index (χ0) is 26.4. The molecule has 1 fully saturated rings. The predicted octanol–water partition coefficient (Wildman–Crippen LogP) is 4.07. The Morgan fingerprint density at radius 3 is 2.62 bits per heavy atom. The molecule has 2 amide bonds. The molecule has 2 heterocycles. The lowest BCUT2D eigenvalue weighted by Crippen LogP contribution is -2.50. The summed E-state index contributed by atoms with van der Waals surface area (Å²) in [5.41, 5.74) is 1.32. The van der Waals surface area contributed by atoms with Crippen molar-refractivity contribution in [2.45, 2.75) is 58.1 Å². The molecule has 1 aromatic carbocycles. The number of para-hydroxylation sites is 1. The number of nitrogens with zero attached hydrogens (tertiary/aromatic N) is 3. The van der Waals surface area contributed by atoms with Crippen molar-refractivity contribution in [2.24, 2.45) is 11.8 Å². The van der Waals surface area contributed by atoms with Crippen LogP contribution in [0.5, 0.6) is 5.75 Å². The van der Waals surface area contributed by atoms with Crippen LogP contribution in [0.2, 0.25) is 0 Å². The van der Waals surface area contributed by atoms with E-state index in [1.54, 1.807) is 47.6 Å². The predicted molar refractivity (Wildman–Crippen MR) is 144 cm³/mol. The molecule has 0 radical (unpaired) electrons. The van der Waals surface area contributed by atoms with Crippen LogP contribution in [0, 0.1) is 11.8 Å². The zero-order valence-corrected chi connectivity index (χ0v) is 22.2. The highest BCUT2D eigenvalue weighted by molar-refractivity contribution is 6.07. The average molecular weight is 509 g/mol. The summed E-state index contributed by atoms with van der Waals surface area (Å²) in [6.07, 6.45) is 9.42. The van der Waals surface area contributed by atoms with E-state index in [0.29, 0.717) is 41.6 Å². The molecular weight excluding hydrogens is 468 g/mol. The minimum Gasteiger partial charge on any atom is -0.486 e. The zero-order valence-electron chi connectivity index (χ0n) is 22.2. The Kier molecular flexibility index (Phi) is 9.16. The van der Waals surface area contributed by atoms with Crippen LogP contribution >= 0.6 is 0 Å². The molecule has 1 aliphatic carbocycles. The van der Waals surface area contributed by atoms with Crippen molar-refractivity contribution in [1.29, 1.82) is 0 Å². The fraction of sp³-hybridized carbons (Fsp3) is 0.552. The van der Waals surface area contributed by atoms with Crippen molar-refractivity contribution in [3.63, 3.8) is 0 Å². The second-order valence-corrected chi connectivity index (χ2v) is 10.7. The molecule has 2 N–H and O–H groups in total. The molecule has 0 spiro atoms. The second-order valence-electron chi connectivity index (χ2n) is 10.7. The van der Waals surface area contributed by atoms with E-state index < -0.39 is 0 Å². The summed E-state index contributed by atoms with van der Waals surface area (Å²) in [6.45, 7) is 6.03. The molecular formula is C29H40N4O4. The Morgan fingerprint density at radius 1 is 1.19 bits per heavy atom. The normalized spacial score (nSPS) is 21.5. The standard InChI is InChI=1S/C29H40N4O4/c1-20-16-33(21(2)19-34)29(36)24-10-7-11-25(31-28(35)23-12-14-30-15-13-23)27(24)37-26(20)18-32(3)17-22-8-5-4-6-9-22/h7,10-15,20-22,26,34H,4-6,8-9,16-19H2,1-3H3,(H,31,35)/t20-,21+,26-/m1/s1. The molecule has 37 heavy (non-hydrogen) atoms. The lowest BCUT2D eigenvalue weighted by molar-refractivity contribution is 0.0332. The summed E-state index contributed by atoms with van der Waals surface area (Å²) in [6, 6.07) is 8.19. The van der Waals surface area contributed by atoms with Gasteiger partial charge in [-0.05, 0) is 57.0 Å². The first-order chi connectivity index (χ1) is 17.9. The molecule has 3 atom stereocenters. The third-order valence-corrected chi connectivity index (χ3v) is 7.67. The number of carbonyl (C=O) groups excluding carboxylic acids is 2. The van der Waals surface area contributed by atoms with E-state index in [1.165, 1.54) is 32.1 Å². The van der Waals surface area contributed by atoms with Crippen LogP contribution in [0.1, 0.15) is 66.7 Å². The monoisotopic (exact) mass is 508 g/mol. The first-order valence-electron chi connectivity index (χ1n) is 13.5. The third-order valence-electron chi connectivity index (χ3n) is 7.67. The first-order valence-corrected chi connectivity index (χ1v) is 13.5. The van der Waals surface area contributed by atoms with E-state index in [4.69, 9.17) is 4.74 Å². The van der Waals surface area contributed by atoms with Crippen molar-refractivity contribution in [3.8, 4) is 5.75 Å². The summed E-state index contributed by atoms with van der Waals surface area (Å²) in [7, 11) is 2.14. The van der Waals surface area contributed by atoms with Crippen LogP contribution in [-0.2, 0) is 0 Å². The molecule has 4 rings (SSSR count). The summed E-state index contributed by atoms with van der Waals surface area (Å²) in [5, 5.41) is 12.8. The number of anilines is 1. The Bertz CT molecular complexity index is 1060. The quantitative estimate of drug-likeness (QED) is 0.558. The van der Waals surface area contributed by atoms with Crippen molar-refractivity contribution >= 4 is 17.5 Å². The molecule has 1 saturated carbocycles. The fourth-order valence-electron chi connectivity index (χ4n) is 5.45. The molecule has 0 saturated heterocycles. The van der Waals surface area contributed by atoms with Crippen molar-refractivity contribution < 1.29 is 19.4 Å². The Balaban J connectivity index is 1.63. The summed E-state index contributed by atoms with van der Waals surface area (Å²) in [4.78, 5) is 34.7. The number of hydrogen-bond donors (Lipinski definition) is 2. The van der Waals surface area contributed by atoms with E-state index >= 15 is 0 Å². The minimum atomic E-state index is -0.336. The maximum absolute atomic E-state index is 13.6. The van der Waals surface area contributed by atoms with Gasteiger partial charge in [0.15, 0.2) is 5.75 Å². The number of likely N-dealkylation sites (N-methyl/N-ethyl adjacent to an activating group) is 1. The summed E-state index contributed by atoms with van der Waals surface area (Å²) in [5.74, 6) is 0.597. The van der Waals surface area contributed by atoms with Gasteiger partial charge in [-0.25, -0.2) is 0 Å². The van der Waals surface area contributed by atoms with E-state index in [-0.39, 0.29) is 36.5 Å². The number of nitrogens with one attached hydrogen (secondary N) is 1. The molecule has 200 valence electrons. The van der Waals surface area contributed by atoms with Crippen LogP contribution in [-0.4, -0.2) is 77.1 Å². The van der Waals surface area contributed by atoms with E-state index in [9.17, 15) is 14.7 Å². The van der Waals surface area contributed by atoms with E-state index in [0.717, 1.165) is 6.54 Å². The number of rotatable bonds is 8. The number of carbonyl (C=O) groups is 2. The van der Waals surface area contributed by atoms with Gasteiger partial charge in [0.05, 0.1) is 23.9 Å². The molecule has 2 aliphatic rings. The van der Waals surface area contributed by atoms with E-state index in [1.807, 2.05) is 6.92 Å². The molecule has 0 unspecified atom stereocenters. The highest BCUT2D eigenvalue weighted by Crippen LogP contribution is 2.35. The topological polar surface area (TPSA) is 95.0 Å². The van der Waals surface area contributed by atoms with Gasteiger partial charge in [0.2, 0.25) is 0 Å². The van der Waals surface area contributed by atoms with Crippen LogP contribution in [0.15, 0.2) is 42.7 Å². The largest absolute Gasteiger partial charge is 0.486 e. The van der Waals surface area contributed by atoms with Gasteiger partial charge in [0, 0.05) is 43.5 Å². The number of ether oxygens (including phenoxy) is 1. The maximum Gasteiger partial charge on any atom is 0.258 e. The number of amides is 2. The minimum absolute atomic E-state index is 0.0175. The molecule has 0 bridgehead atoms. The highest BCUT2D eigenvalue weighted by Gasteiger charge is 2.35. The Morgan fingerprint density at radius 2 is 1.92 bits per heavy atom. The number of aromatic nitrogens is 1. The van der Waals surface area contributed by atoms with Crippen molar-refractivity contribution in [2.75, 3.05) is 38.6 Å². The number of pyridine rings is 1. The van der Waals surface area contributed by atoms with Gasteiger partial charge in [0.1, 0.15) is 6.10 Å². The van der Waals surface area contributed by atoms with Gasteiger partial charge in [-0.2, -0.15) is 0 Å². The van der Waals surface area contributed by atoms with E-state index in [2.05, 4.69) is 29.2 Å². The maximum atomic E-state index is 13.6. The number of benzene rings is 1.